The van der Waals surface area contributed by atoms with Crippen LogP contribution in [0.15, 0.2) is 48.5 Å². The van der Waals surface area contributed by atoms with E-state index < -0.39 is 10.2 Å². The van der Waals surface area contributed by atoms with Gasteiger partial charge in [-0.2, -0.15) is 12.7 Å². The van der Waals surface area contributed by atoms with E-state index in [1.807, 2.05) is 41.3 Å². The number of nitrogens with one attached hydrogen (secondary N) is 2. The summed E-state index contributed by atoms with van der Waals surface area (Å²) < 4.78 is 35.1. The van der Waals surface area contributed by atoms with Gasteiger partial charge in [-0.25, -0.2) is 0 Å². The number of likely N-dealkylation sites (tertiary alicyclic amines) is 1. The van der Waals surface area contributed by atoms with E-state index >= 15 is 0 Å². The Hall–Kier alpha value is -3.37. The Bertz CT molecular complexity index is 1250. The van der Waals surface area contributed by atoms with E-state index in [1.54, 1.807) is 32.2 Å². The van der Waals surface area contributed by atoms with Crippen LogP contribution in [0.3, 0.4) is 0 Å². The predicted molar refractivity (Wildman–Crippen MR) is 139 cm³/mol. The Morgan fingerprint density at radius 1 is 1.17 bits per heavy atom. The summed E-state index contributed by atoms with van der Waals surface area (Å²) in [6.07, 6.45) is 5.41. The van der Waals surface area contributed by atoms with Crippen molar-refractivity contribution in [2.24, 2.45) is 5.73 Å². The Morgan fingerprint density at radius 2 is 1.91 bits per heavy atom. The molecule has 0 spiro atoms. The second-order valence-corrected chi connectivity index (χ2v) is 10.9. The molecular formula is C25H32N6O3S. The number of fused-ring (bicyclic) bond motifs is 1. The third-order valence-corrected chi connectivity index (χ3v) is 8.20. The maximum atomic E-state index is 13.1. The summed E-state index contributed by atoms with van der Waals surface area (Å²) in [5.41, 5.74) is 8.56. The van der Waals surface area contributed by atoms with Crippen molar-refractivity contribution in [3.63, 3.8) is 0 Å². The zero-order valence-corrected chi connectivity index (χ0v) is 20.9. The molecule has 10 heteroatoms. The lowest BCUT2D eigenvalue weighted by molar-refractivity contribution is 0.130. The first-order valence-corrected chi connectivity index (χ1v) is 13.0. The molecule has 2 aromatic carbocycles. The average Bonchev–Trinajstić information content (AvgIpc) is 2.82. The van der Waals surface area contributed by atoms with E-state index in [9.17, 15) is 8.42 Å². The normalized spacial score (nSPS) is 18.5. The van der Waals surface area contributed by atoms with E-state index in [-0.39, 0.29) is 25.0 Å². The smallest absolute Gasteiger partial charge is 0.304 e. The average molecular weight is 497 g/mol. The molecule has 0 atom stereocenters. The number of piperidine rings is 1. The van der Waals surface area contributed by atoms with E-state index in [2.05, 4.69) is 0 Å². The number of nitrogens with zero attached hydrogens (tertiary/aromatic N) is 3. The van der Waals surface area contributed by atoms with Gasteiger partial charge >= 0.3 is 10.2 Å². The van der Waals surface area contributed by atoms with Crippen molar-refractivity contribution in [2.75, 3.05) is 31.0 Å². The fourth-order valence-electron chi connectivity index (χ4n) is 4.41. The number of rotatable bonds is 6. The highest BCUT2D eigenvalue weighted by Gasteiger charge is 2.34. The molecule has 4 rings (SSSR count). The van der Waals surface area contributed by atoms with Gasteiger partial charge in [-0.05, 0) is 42.3 Å². The summed E-state index contributed by atoms with van der Waals surface area (Å²) >= 11 is 0. The molecule has 9 nitrogen and oxygen atoms in total. The largest absolute Gasteiger partial charge is 0.490 e. The fourth-order valence-corrected chi connectivity index (χ4v) is 5.75. The summed E-state index contributed by atoms with van der Waals surface area (Å²) in [6, 6.07) is 12.8. The number of ether oxygens (including phenoxy) is 1. The highest BCUT2D eigenvalue weighted by atomic mass is 32.2. The van der Waals surface area contributed by atoms with Gasteiger partial charge in [0.1, 0.15) is 17.7 Å². The number of nitrogens with two attached hydrogens (primary N) is 1. The molecule has 0 radical (unpaired) electrons. The fraction of sp³-hybridized carbons (Fsp3) is 0.360. The standard InChI is InChI=1S/C25H32N6O3S/c1-18(26)30-13-10-22(11-14-30)34-23-8-9-24-21(16-23)17-29(2)35(32,33)31(24)12-4-6-19-5-3-7-20(15-19)25(27)28/h3-9,15-16,22,26H,10-14,17H2,1-2H3,(H3,27,28)/b6-4-,26-18?. The maximum absolute atomic E-state index is 13.1. The summed E-state index contributed by atoms with van der Waals surface area (Å²) in [5.74, 6) is 1.31. The number of hydrogen-bond donors (Lipinski definition) is 3. The minimum Gasteiger partial charge on any atom is -0.490 e. The van der Waals surface area contributed by atoms with Gasteiger partial charge in [-0.1, -0.05) is 30.4 Å². The first kappa shape index (κ1) is 24.7. The highest BCUT2D eigenvalue weighted by molar-refractivity contribution is 7.90. The maximum Gasteiger partial charge on any atom is 0.304 e. The molecule has 0 aliphatic carbocycles. The second-order valence-electron chi connectivity index (χ2n) is 8.92. The molecule has 0 bridgehead atoms. The van der Waals surface area contributed by atoms with Crippen LogP contribution in [0.5, 0.6) is 5.75 Å². The van der Waals surface area contributed by atoms with Crippen molar-refractivity contribution < 1.29 is 13.2 Å². The van der Waals surface area contributed by atoms with Crippen LogP contribution in [0.4, 0.5) is 5.69 Å². The molecule has 1 saturated heterocycles. The zero-order chi connectivity index (χ0) is 25.2. The molecule has 2 heterocycles. The van der Waals surface area contributed by atoms with Gasteiger partial charge in [0, 0.05) is 45.1 Å². The summed E-state index contributed by atoms with van der Waals surface area (Å²) in [6.45, 7) is 3.87. The number of amidine groups is 2. The number of hydrogen-bond acceptors (Lipinski definition) is 5. The minimum atomic E-state index is -3.65. The van der Waals surface area contributed by atoms with Gasteiger partial charge < -0.3 is 15.4 Å². The van der Waals surface area contributed by atoms with Gasteiger partial charge in [-0.3, -0.25) is 15.1 Å². The third kappa shape index (κ3) is 5.49. The van der Waals surface area contributed by atoms with E-state index in [0.29, 0.717) is 17.1 Å². The molecular weight excluding hydrogens is 464 g/mol. The highest BCUT2D eigenvalue weighted by Crippen LogP contribution is 2.34. The van der Waals surface area contributed by atoms with Crippen LogP contribution < -0.4 is 14.8 Å². The second kappa shape index (κ2) is 10.1. The number of nitrogen functional groups attached to an aromatic ring is 1. The molecule has 35 heavy (non-hydrogen) atoms. The van der Waals surface area contributed by atoms with Gasteiger partial charge in [-0.15, -0.1) is 0 Å². The molecule has 0 amide bonds. The van der Waals surface area contributed by atoms with Crippen molar-refractivity contribution in [1.82, 2.24) is 9.21 Å². The quantitative estimate of drug-likeness (QED) is 0.419. The number of anilines is 1. The van der Waals surface area contributed by atoms with Crippen LogP contribution in [0.25, 0.3) is 6.08 Å². The van der Waals surface area contributed by atoms with Crippen LogP contribution in [-0.2, 0) is 16.8 Å². The first-order valence-electron chi connectivity index (χ1n) is 11.6. The Labute approximate surface area is 207 Å². The van der Waals surface area contributed by atoms with Crippen LogP contribution in [0.1, 0.15) is 36.5 Å². The summed E-state index contributed by atoms with van der Waals surface area (Å²) in [4.78, 5) is 2.05. The Kier molecular flexibility index (Phi) is 7.13. The lowest BCUT2D eigenvalue weighted by Gasteiger charge is -2.36. The van der Waals surface area contributed by atoms with Crippen molar-refractivity contribution in [3.8, 4) is 5.75 Å². The lowest BCUT2D eigenvalue weighted by atomic mass is 10.1. The van der Waals surface area contributed by atoms with Gasteiger partial charge in [0.25, 0.3) is 0 Å². The molecule has 2 aliphatic heterocycles. The van der Waals surface area contributed by atoms with Crippen LogP contribution >= 0.6 is 0 Å². The molecule has 0 saturated carbocycles. The molecule has 1 fully saturated rings. The molecule has 2 aliphatic rings. The summed E-state index contributed by atoms with van der Waals surface area (Å²) in [7, 11) is -2.07. The monoisotopic (exact) mass is 496 g/mol. The van der Waals surface area contributed by atoms with E-state index in [0.717, 1.165) is 42.8 Å². The van der Waals surface area contributed by atoms with Crippen molar-refractivity contribution >= 4 is 33.6 Å². The molecule has 0 aromatic heterocycles. The third-order valence-electron chi connectivity index (χ3n) is 6.38. The van der Waals surface area contributed by atoms with Crippen molar-refractivity contribution in [1.29, 1.82) is 10.8 Å². The minimum absolute atomic E-state index is 0.0113. The van der Waals surface area contributed by atoms with Crippen LogP contribution in [-0.4, -0.2) is 62.1 Å². The first-order chi connectivity index (χ1) is 16.6. The molecule has 4 N–H and O–H groups in total. The van der Waals surface area contributed by atoms with E-state index in [4.69, 9.17) is 21.3 Å². The van der Waals surface area contributed by atoms with Gasteiger partial charge in [0.15, 0.2) is 0 Å². The van der Waals surface area contributed by atoms with Gasteiger partial charge in [0.05, 0.1) is 18.1 Å². The predicted octanol–water partition coefficient (Wildman–Crippen LogP) is 3.02. The molecule has 2 aromatic rings. The van der Waals surface area contributed by atoms with Crippen molar-refractivity contribution in [2.45, 2.75) is 32.4 Å². The Balaban J connectivity index is 1.50. The topological polar surface area (TPSA) is 127 Å². The van der Waals surface area contributed by atoms with Crippen molar-refractivity contribution in [3.05, 3.63) is 65.2 Å². The van der Waals surface area contributed by atoms with Gasteiger partial charge in [0.2, 0.25) is 0 Å². The Morgan fingerprint density at radius 3 is 2.60 bits per heavy atom. The van der Waals surface area contributed by atoms with Crippen LogP contribution in [0, 0.1) is 10.8 Å². The summed E-state index contributed by atoms with van der Waals surface area (Å²) in [5, 5.41) is 15.4. The van der Waals surface area contributed by atoms with E-state index in [1.165, 1.54) is 8.61 Å². The molecule has 186 valence electrons. The molecule has 0 unspecified atom stereocenters. The van der Waals surface area contributed by atoms with Crippen LogP contribution in [0.2, 0.25) is 0 Å². The lowest BCUT2D eigenvalue weighted by Crippen LogP contribution is -2.45. The number of benzene rings is 2. The zero-order valence-electron chi connectivity index (χ0n) is 20.1. The SMILES string of the molecule is CC(=N)N1CCC(Oc2ccc3c(c2)CN(C)S(=O)(=O)N3C/C=C\c2cccc(C(=N)N)c2)CC1.